The van der Waals surface area contributed by atoms with Crippen molar-refractivity contribution < 1.29 is 15.3 Å². The van der Waals surface area contributed by atoms with Crippen LogP contribution < -0.4 is 0 Å². The van der Waals surface area contributed by atoms with E-state index in [0.717, 1.165) is 65.4 Å². The van der Waals surface area contributed by atoms with E-state index in [1.54, 1.807) is 0 Å². The van der Waals surface area contributed by atoms with Crippen LogP contribution in [-0.4, -0.2) is 100 Å². The van der Waals surface area contributed by atoms with E-state index in [-0.39, 0.29) is 12.5 Å². The van der Waals surface area contributed by atoms with Crippen molar-refractivity contribution in [1.29, 1.82) is 0 Å². The third kappa shape index (κ3) is 12.0. The van der Waals surface area contributed by atoms with Crippen LogP contribution >= 0.6 is 0 Å². The largest absolute Gasteiger partial charge is 0.396 e. The van der Waals surface area contributed by atoms with Gasteiger partial charge in [-0.05, 0) is 22.3 Å². The molecule has 250 valence electrons. The molecule has 47 heavy (non-hydrogen) atoms. The Morgan fingerprint density at radius 1 is 0.447 bits per heavy atom. The molecule has 2 aliphatic rings. The first-order valence-corrected chi connectivity index (χ1v) is 17.1. The van der Waals surface area contributed by atoms with Crippen molar-refractivity contribution in [3.8, 4) is 0 Å². The minimum absolute atomic E-state index is 0.153. The van der Waals surface area contributed by atoms with Crippen molar-refractivity contribution >= 4 is 0 Å². The Bertz CT molecular complexity index is 1290. The Morgan fingerprint density at radius 3 is 0.979 bits per heavy atom. The fourth-order valence-corrected chi connectivity index (χ4v) is 6.68. The lowest BCUT2D eigenvalue weighted by atomic mass is 10.1. The van der Waals surface area contributed by atoms with E-state index < -0.39 is 6.29 Å². The number of hydrogen-bond acceptors (Lipinski definition) is 7. The van der Waals surface area contributed by atoms with Gasteiger partial charge in [0.05, 0.1) is 0 Å². The summed E-state index contributed by atoms with van der Waals surface area (Å²) in [6, 6.07) is 42.0. The highest BCUT2D eigenvalue weighted by atomic mass is 16.5. The van der Waals surface area contributed by atoms with Crippen LogP contribution in [0, 0.1) is 11.8 Å². The third-order valence-corrected chi connectivity index (χ3v) is 9.16. The number of benzene rings is 4. The lowest BCUT2D eigenvalue weighted by Gasteiger charge is -2.25. The zero-order chi connectivity index (χ0) is 32.7. The van der Waals surface area contributed by atoms with Crippen molar-refractivity contribution in [2.24, 2.45) is 11.8 Å². The Morgan fingerprint density at radius 2 is 0.723 bits per heavy atom. The van der Waals surface area contributed by atoms with Crippen molar-refractivity contribution in [2.45, 2.75) is 32.5 Å². The van der Waals surface area contributed by atoms with Gasteiger partial charge in [0.2, 0.25) is 0 Å². The highest BCUT2D eigenvalue weighted by molar-refractivity contribution is 5.17. The molecule has 2 heterocycles. The maximum absolute atomic E-state index is 9.77. The SMILES string of the molecule is OC(O)C1CN(Cc2ccccc2)CCN(Cc2ccccc2)C1.OCC1CN(Cc2ccccc2)CCN(Cc2ccccc2)C1. The predicted octanol–water partition coefficient (Wildman–Crippen LogP) is 4.54. The van der Waals surface area contributed by atoms with Gasteiger partial charge in [-0.3, -0.25) is 19.6 Å². The molecule has 0 atom stereocenters. The van der Waals surface area contributed by atoms with Gasteiger partial charge >= 0.3 is 0 Å². The van der Waals surface area contributed by atoms with Gasteiger partial charge in [-0.1, -0.05) is 121 Å². The molecule has 4 aromatic carbocycles. The van der Waals surface area contributed by atoms with Crippen LogP contribution in [0.15, 0.2) is 121 Å². The van der Waals surface area contributed by atoms with E-state index in [9.17, 15) is 15.3 Å². The van der Waals surface area contributed by atoms with E-state index >= 15 is 0 Å². The average Bonchev–Trinajstić information content (AvgIpc) is 3.43. The first-order chi connectivity index (χ1) is 23.0. The fraction of sp³-hybridized carbons (Fsp3) is 0.400. The van der Waals surface area contributed by atoms with Gasteiger partial charge in [0, 0.05) is 97.0 Å². The van der Waals surface area contributed by atoms with Crippen LogP contribution in [0.4, 0.5) is 0 Å². The molecular weight excluding hydrogens is 584 g/mol. The summed E-state index contributed by atoms with van der Waals surface area (Å²) in [4.78, 5) is 9.59. The molecule has 0 unspecified atom stereocenters. The molecule has 6 rings (SSSR count). The van der Waals surface area contributed by atoms with Gasteiger partial charge in [0.15, 0.2) is 6.29 Å². The van der Waals surface area contributed by atoms with Gasteiger partial charge in [-0.25, -0.2) is 0 Å². The second-order valence-corrected chi connectivity index (χ2v) is 13.1. The molecule has 0 spiro atoms. The van der Waals surface area contributed by atoms with Gasteiger partial charge in [0.25, 0.3) is 0 Å². The summed E-state index contributed by atoms with van der Waals surface area (Å²) in [7, 11) is 0. The van der Waals surface area contributed by atoms with E-state index in [4.69, 9.17) is 0 Å². The standard InChI is InChI=1S/C20H26N2O2.C20H26N2O/c23-20(24)19-15-21(13-17-7-3-1-4-8-17)11-12-22(16-19)14-18-9-5-2-6-10-18;23-17-20-15-21(13-18-7-3-1-4-8-18)11-12-22(16-20)14-19-9-5-2-6-10-19/h1-10,19-20,23-24H,11-16H2;1-10,20,23H,11-17H2. The molecule has 3 N–H and O–H groups in total. The molecule has 0 radical (unpaired) electrons. The Kier molecular flexibility index (Phi) is 14.0. The van der Waals surface area contributed by atoms with Crippen LogP contribution in [0.25, 0.3) is 0 Å². The number of rotatable bonds is 10. The number of nitrogens with zero attached hydrogens (tertiary/aromatic N) is 4. The van der Waals surface area contributed by atoms with Crippen molar-refractivity contribution in [1.82, 2.24) is 19.6 Å². The Hall–Kier alpha value is -3.40. The normalized spacial score (nSPS) is 18.0. The summed E-state index contributed by atoms with van der Waals surface area (Å²) >= 11 is 0. The van der Waals surface area contributed by atoms with E-state index in [0.29, 0.717) is 19.0 Å². The molecule has 2 fully saturated rings. The molecular formula is C40H52N4O3. The van der Waals surface area contributed by atoms with Gasteiger partial charge in [-0.15, -0.1) is 0 Å². The molecule has 7 heteroatoms. The van der Waals surface area contributed by atoms with Crippen molar-refractivity contribution in [3.63, 3.8) is 0 Å². The lowest BCUT2D eigenvalue weighted by molar-refractivity contribution is -0.0932. The van der Waals surface area contributed by atoms with E-state index in [1.807, 2.05) is 36.4 Å². The first-order valence-electron chi connectivity index (χ1n) is 17.1. The molecule has 0 aromatic heterocycles. The minimum Gasteiger partial charge on any atom is -0.396 e. The van der Waals surface area contributed by atoms with Crippen LogP contribution in [-0.2, 0) is 26.2 Å². The summed E-state index contributed by atoms with van der Waals surface area (Å²) in [5, 5.41) is 29.3. The topological polar surface area (TPSA) is 73.6 Å². The Labute approximate surface area is 281 Å². The second-order valence-electron chi connectivity index (χ2n) is 13.1. The van der Waals surface area contributed by atoms with Crippen molar-refractivity contribution in [2.75, 3.05) is 59.0 Å². The van der Waals surface area contributed by atoms with Gasteiger partial charge < -0.3 is 15.3 Å². The highest BCUT2D eigenvalue weighted by Gasteiger charge is 2.27. The van der Waals surface area contributed by atoms with Crippen LogP contribution in [0.2, 0.25) is 0 Å². The predicted molar refractivity (Wildman–Crippen MR) is 189 cm³/mol. The Balaban J connectivity index is 0.000000185. The molecule has 0 saturated carbocycles. The monoisotopic (exact) mass is 636 g/mol. The summed E-state index contributed by atoms with van der Waals surface area (Å²) in [6.45, 7) is 11.2. The molecule has 2 aliphatic heterocycles. The summed E-state index contributed by atoms with van der Waals surface area (Å²) < 4.78 is 0. The lowest BCUT2D eigenvalue weighted by Crippen LogP contribution is -2.36. The van der Waals surface area contributed by atoms with Gasteiger partial charge in [-0.2, -0.15) is 0 Å². The molecule has 0 bridgehead atoms. The molecule has 2 saturated heterocycles. The molecule has 4 aromatic rings. The number of aliphatic hydroxyl groups excluding tert-OH is 2. The first kappa shape index (κ1) is 34.9. The van der Waals surface area contributed by atoms with Gasteiger partial charge in [0.1, 0.15) is 0 Å². The van der Waals surface area contributed by atoms with Crippen LogP contribution in [0.5, 0.6) is 0 Å². The maximum atomic E-state index is 9.77. The highest BCUT2D eigenvalue weighted by Crippen LogP contribution is 2.18. The molecule has 0 amide bonds. The van der Waals surface area contributed by atoms with Crippen molar-refractivity contribution in [3.05, 3.63) is 144 Å². The fourth-order valence-electron chi connectivity index (χ4n) is 6.68. The number of aliphatic hydroxyl groups is 3. The summed E-state index contributed by atoms with van der Waals surface area (Å²) in [6.07, 6.45) is -1.28. The van der Waals surface area contributed by atoms with E-state index in [2.05, 4.69) is 105 Å². The van der Waals surface area contributed by atoms with Crippen LogP contribution in [0.3, 0.4) is 0 Å². The zero-order valence-electron chi connectivity index (χ0n) is 27.6. The quantitative estimate of drug-likeness (QED) is 0.221. The maximum Gasteiger partial charge on any atom is 0.156 e. The zero-order valence-corrected chi connectivity index (χ0v) is 27.6. The smallest absolute Gasteiger partial charge is 0.156 e. The second kappa shape index (κ2) is 18.8. The molecule has 7 nitrogen and oxygen atoms in total. The summed E-state index contributed by atoms with van der Waals surface area (Å²) in [5.41, 5.74) is 5.22. The van der Waals surface area contributed by atoms with Crippen LogP contribution in [0.1, 0.15) is 22.3 Å². The third-order valence-electron chi connectivity index (χ3n) is 9.16. The summed E-state index contributed by atoms with van der Waals surface area (Å²) in [5.74, 6) is 0.171. The minimum atomic E-state index is -1.28. The molecule has 0 aliphatic carbocycles. The average molecular weight is 637 g/mol. The van der Waals surface area contributed by atoms with E-state index in [1.165, 1.54) is 22.3 Å². The number of hydrogen-bond donors (Lipinski definition) is 3.